The molecule has 3 nitrogen and oxygen atoms in total. The van der Waals surface area contributed by atoms with Crippen molar-refractivity contribution in [3.63, 3.8) is 0 Å². The van der Waals surface area contributed by atoms with Gasteiger partial charge in [0.2, 0.25) is 0 Å². The first-order valence-corrected chi connectivity index (χ1v) is 13.0. The van der Waals surface area contributed by atoms with Crippen LogP contribution >= 0.6 is 15.9 Å². The summed E-state index contributed by atoms with van der Waals surface area (Å²) >= 11 is 3.55. The van der Waals surface area contributed by atoms with E-state index in [2.05, 4.69) is 68.0 Å². The fraction of sp³-hybridized carbons (Fsp3) is 0.455. The van der Waals surface area contributed by atoms with Gasteiger partial charge in [0, 0.05) is 10.0 Å². The van der Waals surface area contributed by atoms with Crippen molar-refractivity contribution in [3.05, 3.63) is 63.1 Å². The topological polar surface area (TPSA) is 38.7 Å². The highest BCUT2D eigenvalue weighted by Crippen LogP contribution is 2.37. The van der Waals surface area contributed by atoms with E-state index in [4.69, 9.17) is 9.16 Å². The Bertz CT molecular complexity index is 782. The largest absolute Gasteiger partial charge is 0.489 e. The lowest BCUT2D eigenvalue weighted by molar-refractivity contribution is 0.272. The van der Waals surface area contributed by atoms with Crippen LogP contribution in [0.2, 0.25) is 18.1 Å². The molecule has 0 heterocycles. The molecule has 0 amide bonds. The maximum absolute atomic E-state index is 9.33. The second-order valence-electron chi connectivity index (χ2n) is 8.52. The van der Waals surface area contributed by atoms with Crippen molar-refractivity contribution < 1.29 is 14.3 Å². The Hall–Kier alpha value is -1.14. The van der Waals surface area contributed by atoms with Gasteiger partial charge < -0.3 is 14.3 Å². The van der Waals surface area contributed by atoms with Crippen molar-refractivity contribution in [2.24, 2.45) is 0 Å². The average molecular weight is 451 g/mol. The third kappa shape index (κ3) is 5.91. The summed E-state index contributed by atoms with van der Waals surface area (Å²) in [4.78, 5) is 0. The van der Waals surface area contributed by atoms with Crippen LogP contribution in [-0.4, -0.2) is 13.4 Å². The Balaban J connectivity index is 2.09. The van der Waals surface area contributed by atoms with Gasteiger partial charge in [-0.05, 0) is 59.9 Å². The van der Waals surface area contributed by atoms with Crippen molar-refractivity contribution in [2.75, 3.05) is 0 Å². The standard InChI is InChI=1S/C22H31BrO3Si/c1-16-7-8-18(14-26-27(5,6)22(2,3)4)12-21(16)25-15-19-11-17(13-24)9-10-20(19)23/h7-12,24H,13-15H2,1-6H3. The molecule has 0 bridgehead atoms. The molecule has 5 heteroatoms. The number of ether oxygens (including phenoxy) is 1. The van der Waals surface area contributed by atoms with Gasteiger partial charge in [-0.2, -0.15) is 0 Å². The SMILES string of the molecule is Cc1ccc(CO[Si](C)(C)C(C)(C)C)cc1OCc1cc(CO)ccc1Br. The number of hydrogen-bond donors (Lipinski definition) is 1. The first-order valence-electron chi connectivity index (χ1n) is 9.28. The third-order valence-electron chi connectivity index (χ3n) is 5.33. The van der Waals surface area contributed by atoms with E-state index in [1.807, 2.05) is 25.1 Å². The molecule has 0 saturated carbocycles. The molecule has 0 spiro atoms. The summed E-state index contributed by atoms with van der Waals surface area (Å²) in [6.07, 6.45) is 0. The summed E-state index contributed by atoms with van der Waals surface area (Å²) in [6, 6.07) is 12.1. The van der Waals surface area contributed by atoms with Gasteiger partial charge in [-0.3, -0.25) is 0 Å². The molecule has 0 aliphatic carbocycles. The van der Waals surface area contributed by atoms with Crippen molar-refractivity contribution in [3.8, 4) is 5.75 Å². The van der Waals surface area contributed by atoms with Crippen LogP contribution in [0.4, 0.5) is 0 Å². The third-order valence-corrected chi connectivity index (χ3v) is 10.6. The Labute approximate surface area is 173 Å². The maximum atomic E-state index is 9.33. The molecule has 0 aliphatic rings. The number of aliphatic hydroxyl groups excluding tert-OH is 1. The van der Waals surface area contributed by atoms with E-state index in [0.717, 1.165) is 32.5 Å². The lowest BCUT2D eigenvalue weighted by atomic mass is 10.1. The minimum Gasteiger partial charge on any atom is -0.489 e. The molecule has 0 atom stereocenters. The van der Waals surface area contributed by atoms with Crippen molar-refractivity contribution >= 4 is 24.2 Å². The summed E-state index contributed by atoms with van der Waals surface area (Å²) in [5, 5.41) is 9.53. The van der Waals surface area contributed by atoms with E-state index in [-0.39, 0.29) is 11.6 Å². The zero-order valence-corrected chi connectivity index (χ0v) is 19.8. The molecule has 2 aromatic carbocycles. The molecule has 1 N–H and O–H groups in total. The molecule has 0 fully saturated rings. The number of hydrogen-bond acceptors (Lipinski definition) is 3. The number of benzene rings is 2. The van der Waals surface area contributed by atoms with Gasteiger partial charge in [0.05, 0.1) is 13.2 Å². The van der Waals surface area contributed by atoms with Crippen molar-refractivity contribution in [1.29, 1.82) is 0 Å². The smallest absolute Gasteiger partial charge is 0.192 e. The van der Waals surface area contributed by atoms with Gasteiger partial charge >= 0.3 is 0 Å². The Morgan fingerprint density at radius 1 is 1.00 bits per heavy atom. The molecule has 148 valence electrons. The van der Waals surface area contributed by atoms with Crippen LogP contribution in [0.3, 0.4) is 0 Å². The molecule has 0 saturated heterocycles. The van der Waals surface area contributed by atoms with E-state index in [1.165, 1.54) is 0 Å². The van der Waals surface area contributed by atoms with Gasteiger partial charge in [0.15, 0.2) is 8.32 Å². The molecular weight excluding hydrogens is 420 g/mol. The van der Waals surface area contributed by atoms with Crippen LogP contribution in [0.15, 0.2) is 40.9 Å². The van der Waals surface area contributed by atoms with Gasteiger partial charge in [0.25, 0.3) is 0 Å². The molecule has 0 unspecified atom stereocenters. The van der Waals surface area contributed by atoms with E-state index < -0.39 is 8.32 Å². The Kier molecular flexibility index (Phi) is 7.31. The molecule has 2 aromatic rings. The Morgan fingerprint density at radius 3 is 2.30 bits per heavy atom. The minimum atomic E-state index is -1.78. The number of aryl methyl sites for hydroxylation is 1. The highest BCUT2D eigenvalue weighted by Gasteiger charge is 2.37. The molecule has 27 heavy (non-hydrogen) atoms. The minimum absolute atomic E-state index is 0.0274. The van der Waals surface area contributed by atoms with Crippen LogP contribution in [0, 0.1) is 6.92 Å². The predicted octanol–water partition coefficient (Wildman–Crippen LogP) is 6.35. The predicted molar refractivity (Wildman–Crippen MR) is 118 cm³/mol. The van der Waals surface area contributed by atoms with E-state index in [9.17, 15) is 5.11 Å². The summed E-state index contributed by atoms with van der Waals surface area (Å²) in [7, 11) is -1.78. The molecular formula is C22H31BrO3Si. The first kappa shape index (κ1) is 22.1. The Morgan fingerprint density at radius 2 is 1.67 bits per heavy atom. The summed E-state index contributed by atoms with van der Waals surface area (Å²) in [5.74, 6) is 0.868. The fourth-order valence-electron chi connectivity index (χ4n) is 2.36. The molecule has 0 radical (unpaired) electrons. The number of rotatable bonds is 7. The highest BCUT2D eigenvalue weighted by atomic mass is 79.9. The van der Waals surface area contributed by atoms with Crippen molar-refractivity contribution in [2.45, 2.75) is 65.6 Å². The second kappa shape index (κ2) is 8.91. The van der Waals surface area contributed by atoms with E-state index in [1.54, 1.807) is 0 Å². The summed E-state index contributed by atoms with van der Waals surface area (Å²) < 4.78 is 13.4. The van der Waals surface area contributed by atoms with Crippen LogP contribution < -0.4 is 4.74 Å². The lowest BCUT2D eigenvalue weighted by Gasteiger charge is -2.36. The number of aliphatic hydroxyl groups is 1. The zero-order valence-electron chi connectivity index (χ0n) is 17.2. The van der Waals surface area contributed by atoms with E-state index in [0.29, 0.717) is 13.2 Å². The van der Waals surface area contributed by atoms with Crippen LogP contribution in [0.1, 0.15) is 43.0 Å². The molecule has 2 rings (SSSR count). The van der Waals surface area contributed by atoms with Crippen molar-refractivity contribution in [1.82, 2.24) is 0 Å². The molecule has 0 aromatic heterocycles. The molecule has 0 aliphatic heterocycles. The monoisotopic (exact) mass is 450 g/mol. The highest BCUT2D eigenvalue weighted by molar-refractivity contribution is 9.10. The second-order valence-corrected chi connectivity index (χ2v) is 14.2. The first-order chi connectivity index (χ1) is 12.5. The summed E-state index contributed by atoms with van der Waals surface area (Å²) in [6.45, 7) is 14.4. The van der Waals surface area contributed by atoms with Crippen LogP contribution in [0.25, 0.3) is 0 Å². The van der Waals surface area contributed by atoms with Crippen LogP contribution in [0.5, 0.6) is 5.75 Å². The number of halogens is 1. The van der Waals surface area contributed by atoms with Gasteiger partial charge in [-0.15, -0.1) is 0 Å². The van der Waals surface area contributed by atoms with Crippen LogP contribution in [-0.2, 0) is 24.2 Å². The quantitative estimate of drug-likeness (QED) is 0.499. The van der Waals surface area contributed by atoms with Gasteiger partial charge in [-0.25, -0.2) is 0 Å². The summed E-state index contributed by atoms with van der Waals surface area (Å²) in [5.41, 5.74) is 4.12. The van der Waals surface area contributed by atoms with Gasteiger partial charge in [-0.1, -0.05) is 54.9 Å². The fourth-order valence-corrected chi connectivity index (χ4v) is 3.68. The van der Waals surface area contributed by atoms with Gasteiger partial charge in [0.1, 0.15) is 12.4 Å². The maximum Gasteiger partial charge on any atom is 0.192 e. The lowest BCUT2D eigenvalue weighted by Crippen LogP contribution is -2.40. The normalized spacial score (nSPS) is 12.3. The van der Waals surface area contributed by atoms with E-state index >= 15 is 0 Å². The average Bonchev–Trinajstić information content (AvgIpc) is 2.60. The zero-order chi connectivity index (χ0) is 20.2.